The summed E-state index contributed by atoms with van der Waals surface area (Å²) >= 11 is 0. The van der Waals surface area contributed by atoms with Crippen molar-refractivity contribution in [2.24, 2.45) is 0 Å². The molecule has 7 nitrogen and oxygen atoms in total. The largest absolute Gasteiger partial charge is 0.480 e. The fourth-order valence-corrected chi connectivity index (χ4v) is 2.87. The number of carboxylic acid groups (broad SMARTS) is 1. The summed E-state index contributed by atoms with van der Waals surface area (Å²) < 4.78 is 5.22. The van der Waals surface area contributed by atoms with Gasteiger partial charge in [-0.15, -0.1) is 0 Å². The van der Waals surface area contributed by atoms with Crippen LogP contribution in [0.2, 0.25) is 0 Å². The SMILES string of the molecule is Cc1noc2nc(C(C)C)cc(C(=O)N[C@H](Cc3ccccc3)C(=O)O)c12. The molecule has 1 aromatic carbocycles. The lowest BCUT2D eigenvalue weighted by Gasteiger charge is -2.16. The number of benzene rings is 1. The second-order valence-electron chi connectivity index (χ2n) is 6.75. The smallest absolute Gasteiger partial charge is 0.326 e. The Morgan fingerprint density at radius 1 is 1.22 bits per heavy atom. The number of nitrogens with zero attached hydrogens (tertiary/aromatic N) is 2. The first kappa shape index (κ1) is 18.6. The summed E-state index contributed by atoms with van der Waals surface area (Å²) in [7, 11) is 0. The zero-order valence-electron chi connectivity index (χ0n) is 15.4. The van der Waals surface area contributed by atoms with E-state index in [1.165, 1.54) is 0 Å². The molecule has 140 valence electrons. The fraction of sp³-hybridized carbons (Fsp3) is 0.300. The molecule has 1 amide bonds. The van der Waals surface area contributed by atoms with Gasteiger partial charge in [0.05, 0.1) is 16.6 Å². The molecular formula is C20H21N3O4. The quantitative estimate of drug-likeness (QED) is 0.694. The lowest BCUT2D eigenvalue weighted by molar-refractivity contribution is -0.139. The topological polar surface area (TPSA) is 105 Å². The monoisotopic (exact) mass is 367 g/mol. The van der Waals surface area contributed by atoms with Crippen molar-refractivity contribution in [3.05, 3.63) is 58.9 Å². The van der Waals surface area contributed by atoms with E-state index in [2.05, 4.69) is 15.5 Å². The van der Waals surface area contributed by atoms with E-state index in [-0.39, 0.29) is 18.1 Å². The average Bonchev–Trinajstić information content (AvgIpc) is 3.02. The number of pyridine rings is 1. The Morgan fingerprint density at radius 3 is 2.56 bits per heavy atom. The number of aliphatic carboxylic acids is 1. The van der Waals surface area contributed by atoms with Crippen molar-refractivity contribution >= 4 is 23.0 Å². The number of carbonyl (C=O) groups is 2. The van der Waals surface area contributed by atoms with Crippen LogP contribution in [-0.2, 0) is 11.2 Å². The van der Waals surface area contributed by atoms with Gasteiger partial charge in [-0.25, -0.2) is 9.78 Å². The lowest BCUT2D eigenvalue weighted by Crippen LogP contribution is -2.42. The number of aryl methyl sites for hydroxylation is 1. The van der Waals surface area contributed by atoms with Crippen LogP contribution in [0, 0.1) is 6.92 Å². The van der Waals surface area contributed by atoms with Crippen LogP contribution in [0.15, 0.2) is 40.9 Å². The summed E-state index contributed by atoms with van der Waals surface area (Å²) in [6.07, 6.45) is 0.190. The van der Waals surface area contributed by atoms with Crippen molar-refractivity contribution in [1.29, 1.82) is 0 Å². The zero-order valence-corrected chi connectivity index (χ0v) is 15.4. The molecule has 1 atom stereocenters. The summed E-state index contributed by atoms with van der Waals surface area (Å²) in [4.78, 5) is 29.0. The molecule has 3 aromatic rings. The minimum Gasteiger partial charge on any atom is -0.480 e. The van der Waals surface area contributed by atoms with Crippen LogP contribution in [0.3, 0.4) is 0 Å². The highest BCUT2D eigenvalue weighted by atomic mass is 16.5. The lowest BCUT2D eigenvalue weighted by atomic mass is 10.0. The molecule has 0 saturated heterocycles. The molecule has 0 saturated carbocycles. The third-order valence-electron chi connectivity index (χ3n) is 4.36. The summed E-state index contributed by atoms with van der Waals surface area (Å²) in [6.45, 7) is 5.63. The molecule has 0 bridgehead atoms. The van der Waals surface area contributed by atoms with E-state index in [1.54, 1.807) is 13.0 Å². The van der Waals surface area contributed by atoms with E-state index in [1.807, 2.05) is 44.2 Å². The predicted molar refractivity (Wildman–Crippen MR) is 99.7 cm³/mol. The summed E-state index contributed by atoms with van der Waals surface area (Å²) in [5.74, 6) is -1.51. The second kappa shape index (κ2) is 7.57. The van der Waals surface area contributed by atoms with Crippen LogP contribution < -0.4 is 5.32 Å². The number of fused-ring (bicyclic) bond motifs is 1. The predicted octanol–water partition coefficient (Wildman–Crippen LogP) is 3.08. The van der Waals surface area contributed by atoms with Crippen LogP contribution in [0.4, 0.5) is 0 Å². The molecule has 2 heterocycles. The molecule has 0 aliphatic rings. The van der Waals surface area contributed by atoms with Gasteiger partial charge in [-0.3, -0.25) is 4.79 Å². The highest BCUT2D eigenvalue weighted by Crippen LogP contribution is 2.25. The van der Waals surface area contributed by atoms with Crippen LogP contribution in [0.5, 0.6) is 0 Å². The maximum Gasteiger partial charge on any atom is 0.326 e. The number of hydrogen-bond donors (Lipinski definition) is 2. The maximum absolute atomic E-state index is 12.9. The van der Waals surface area contributed by atoms with Crippen molar-refractivity contribution in [1.82, 2.24) is 15.5 Å². The van der Waals surface area contributed by atoms with Gasteiger partial charge in [-0.05, 0) is 24.5 Å². The highest BCUT2D eigenvalue weighted by molar-refractivity contribution is 6.07. The first-order valence-electron chi connectivity index (χ1n) is 8.71. The van der Waals surface area contributed by atoms with Crippen molar-refractivity contribution in [2.75, 3.05) is 0 Å². The molecule has 2 aromatic heterocycles. The van der Waals surface area contributed by atoms with Crippen LogP contribution in [0.25, 0.3) is 11.1 Å². The molecule has 0 aliphatic heterocycles. The van der Waals surface area contributed by atoms with Gasteiger partial charge in [0.25, 0.3) is 11.6 Å². The first-order chi connectivity index (χ1) is 12.9. The molecule has 0 spiro atoms. The van der Waals surface area contributed by atoms with Gasteiger partial charge in [0, 0.05) is 12.1 Å². The number of nitrogens with one attached hydrogen (secondary N) is 1. The fourth-order valence-electron chi connectivity index (χ4n) is 2.87. The Morgan fingerprint density at radius 2 is 1.93 bits per heavy atom. The van der Waals surface area contributed by atoms with E-state index in [0.29, 0.717) is 22.3 Å². The Kier molecular flexibility index (Phi) is 5.21. The summed E-state index contributed by atoms with van der Waals surface area (Å²) in [5.41, 5.74) is 2.64. The van der Waals surface area contributed by atoms with E-state index in [0.717, 1.165) is 5.56 Å². The van der Waals surface area contributed by atoms with Crippen molar-refractivity contribution in [3.8, 4) is 0 Å². The van der Waals surface area contributed by atoms with Gasteiger partial charge in [-0.1, -0.05) is 49.3 Å². The number of hydrogen-bond acceptors (Lipinski definition) is 5. The average molecular weight is 367 g/mol. The van der Waals surface area contributed by atoms with Gasteiger partial charge >= 0.3 is 5.97 Å². The third kappa shape index (κ3) is 3.97. The van der Waals surface area contributed by atoms with Crippen molar-refractivity contribution < 1.29 is 19.2 Å². The molecule has 3 rings (SSSR count). The van der Waals surface area contributed by atoms with Gasteiger partial charge in [-0.2, -0.15) is 0 Å². The van der Waals surface area contributed by atoms with Gasteiger partial charge in [0.2, 0.25) is 0 Å². The zero-order chi connectivity index (χ0) is 19.6. The number of carbonyl (C=O) groups excluding carboxylic acids is 1. The number of aromatic nitrogens is 2. The minimum absolute atomic E-state index is 0.0749. The molecule has 0 unspecified atom stereocenters. The van der Waals surface area contributed by atoms with Crippen LogP contribution >= 0.6 is 0 Å². The Hall–Kier alpha value is -3.22. The second-order valence-corrected chi connectivity index (χ2v) is 6.75. The molecule has 0 aliphatic carbocycles. The molecule has 0 radical (unpaired) electrons. The Balaban J connectivity index is 1.94. The van der Waals surface area contributed by atoms with Crippen LogP contribution in [0.1, 0.15) is 47.1 Å². The molecular weight excluding hydrogens is 346 g/mol. The van der Waals surface area contributed by atoms with Gasteiger partial charge < -0.3 is 14.9 Å². The van der Waals surface area contributed by atoms with Crippen LogP contribution in [-0.4, -0.2) is 33.2 Å². The molecule has 7 heteroatoms. The van der Waals surface area contributed by atoms with Gasteiger partial charge in [0.1, 0.15) is 6.04 Å². The Bertz CT molecular complexity index is 980. The van der Waals surface area contributed by atoms with E-state index < -0.39 is 17.9 Å². The maximum atomic E-state index is 12.9. The van der Waals surface area contributed by atoms with E-state index in [9.17, 15) is 14.7 Å². The Labute approximate surface area is 156 Å². The normalized spacial score (nSPS) is 12.3. The minimum atomic E-state index is -1.09. The molecule has 27 heavy (non-hydrogen) atoms. The molecule has 0 fully saturated rings. The third-order valence-corrected chi connectivity index (χ3v) is 4.36. The van der Waals surface area contributed by atoms with Crippen molar-refractivity contribution in [2.45, 2.75) is 39.2 Å². The van der Waals surface area contributed by atoms with Crippen molar-refractivity contribution in [3.63, 3.8) is 0 Å². The van der Waals surface area contributed by atoms with E-state index in [4.69, 9.17) is 4.52 Å². The van der Waals surface area contributed by atoms with E-state index >= 15 is 0 Å². The standard InChI is InChI=1S/C20H21N3O4/c1-11(2)15-10-14(17-12(3)23-27-19(17)22-15)18(24)21-16(20(25)26)9-13-7-5-4-6-8-13/h4-8,10-11,16H,9H2,1-3H3,(H,21,24)(H,25,26)/t16-/m1/s1. The first-order valence-corrected chi connectivity index (χ1v) is 8.71. The summed E-state index contributed by atoms with van der Waals surface area (Å²) in [5, 5.41) is 16.6. The summed E-state index contributed by atoms with van der Waals surface area (Å²) in [6, 6.07) is 9.80. The number of carboxylic acids is 1. The molecule has 2 N–H and O–H groups in total. The van der Waals surface area contributed by atoms with Gasteiger partial charge in [0.15, 0.2) is 0 Å². The number of rotatable bonds is 6. The highest BCUT2D eigenvalue weighted by Gasteiger charge is 2.25. The number of amides is 1.